The monoisotopic (exact) mass is 213 g/mol. The van der Waals surface area contributed by atoms with Crippen molar-refractivity contribution in [1.82, 2.24) is 14.3 Å². The first-order valence-corrected chi connectivity index (χ1v) is 4.57. The summed E-state index contributed by atoms with van der Waals surface area (Å²) in [6, 6.07) is -0.605. The Morgan fingerprint density at radius 2 is 2.07 bits per heavy atom. The highest BCUT2D eigenvalue weighted by Crippen LogP contribution is 2.16. The summed E-state index contributed by atoms with van der Waals surface area (Å²) in [6.07, 6.45) is -0.793. The van der Waals surface area contributed by atoms with Gasteiger partial charge in [-0.05, 0) is 13.8 Å². The van der Waals surface area contributed by atoms with Gasteiger partial charge in [-0.25, -0.2) is 23.9 Å². The van der Waals surface area contributed by atoms with Gasteiger partial charge in [-0.1, -0.05) is 12.2 Å². The lowest BCUT2D eigenvalue weighted by Crippen LogP contribution is -2.33. The van der Waals surface area contributed by atoms with Crippen molar-refractivity contribution in [2.75, 3.05) is 0 Å². The molecule has 0 amide bonds. The average molecular weight is 213 g/mol. The molecule has 2 atom stereocenters. The van der Waals surface area contributed by atoms with Crippen LogP contribution in [0.1, 0.15) is 19.9 Å². The molecule has 0 aliphatic heterocycles. The fourth-order valence-electron chi connectivity index (χ4n) is 1.51. The van der Waals surface area contributed by atoms with Crippen LogP contribution in [0.25, 0.3) is 0 Å². The van der Waals surface area contributed by atoms with E-state index in [-0.39, 0.29) is 0 Å². The van der Waals surface area contributed by atoms with E-state index in [2.05, 4.69) is 11.7 Å². The molecule has 0 saturated carbocycles. The summed E-state index contributed by atoms with van der Waals surface area (Å²) in [4.78, 5) is 22.8. The fourth-order valence-corrected chi connectivity index (χ4v) is 1.51. The van der Waals surface area contributed by atoms with Crippen LogP contribution in [-0.4, -0.2) is 25.6 Å². The zero-order valence-electron chi connectivity index (χ0n) is 9.02. The number of nitrogens with zero attached hydrogens (tertiary/aromatic N) is 2. The molecular formula is C9H15N3O3. The average Bonchev–Trinajstić information content (AvgIpc) is 2.33. The van der Waals surface area contributed by atoms with Crippen molar-refractivity contribution in [2.24, 2.45) is 7.05 Å². The molecule has 15 heavy (non-hydrogen) atoms. The molecule has 0 spiro atoms. The second kappa shape index (κ2) is 3.90. The molecule has 0 aliphatic carbocycles. The van der Waals surface area contributed by atoms with E-state index in [0.29, 0.717) is 5.57 Å². The molecule has 2 N–H and O–H groups in total. The first kappa shape index (κ1) is 11.5. The van der Waals surface area contributed by atoms with Crippen LogP contribution in [0.2, 0.25) is 0 Å². The molecule has 1 aromatic rings. The number of aromatic amines is 1. The molecule has 0 aliphatic rings. The first-order valence-electron chi connectivity index (χ1n) is 4.57. The summed E-state index contributed by atoms with van der Waals surface area (Å²) in [6.45, 7) is 6.91. The predicted octanol–water partition coefficient (Wildman–Crippen LogP) is -0.627. The van der Waals surface area contributed by atoms with Gasteiger partial charge >= 0.3 is 11.4 Å². The Bertz CT molecular complexity index is 478. The van der Waals surface area contributed by atoms with Gasteiger partial charge in [0.15, 0.2) is 0 Å². The zero-order chi connectivity index (χ0) is 11.7. The van der Waals surface area contributed by atoms with E-state index in [1.807, 2.05) is 0 Å². The third-order valence-electron chi connectivity index (χ3n) is 2.25. The number of aromatic nitrogens is 3. The van der Waals surface area contributed by atoms with E-state index in [1.165, 1.54) is 14.0 Å². The lowest BCUT2D eigenvalue weighted by molar-refractivity contribution is 0.138. The molecule has 0 fully saturated rings. The van der Waals surface area contributed by atoms with Crippen LogP contribution >= 0.6 is 0 Å². The number of aliphatic hydroxyl groups excluding tert-OH is 1. The van der Waals surface area contributed by atoms with Crippen molar-refractivity contribution in [3.8, 4) is 0 Å². The Labute approximate surface area is 86.5 Å². The smallest absolute Gasteiger partial charge is 0.347 e. The molecule has 0 bridgehead atoms. The highest BCUT2D eigenvalue weighted by molar-refractivity contribution is 5.02. The van der Waals surface area contributed by atoms with Gasteiger partial charge in [-0.15, -0.1) is 0 Å². The highest BCUT2D eigenvalue weighted by Gasteiger charge is 2.21. The molecule has 0 aromatic carbocycles. The maximum absolute atomic E-state index is 11.6. The van der Waals surface area contributed by atoms with Crippen molar-refractivity contribution in [3.05, 3.63) is 33.1 Å². The molecule has 6 heteroatoms. The van der Waals surface area contributed by atoms with Gasteiger partial charge in [0.2, 0.25) is 0 Å². The van der Waals surface area contributed by atoms with E-state index in [1.54, 1.807) is 6.92 Å². The van der Waals surface area contributed by atoms with E-state index < -0.39 is 23.5 Å². The van der Waals surface area contributed by atoms with Crippen molar-refractivity contribution >= 4 is 0 Å². The van der Waals surface area contributed by atoms with Crippen molar-refractivity contribution in [1.29, 1.82) is 0 Å². The van der Waals surface area contributed by atoms with Crippen LogP contribution in [0.3, 0.4) is 0 Å². The second-order valence-corrected chi connectivity index (χ2v) is 3.66. The summed E-state index contributed by atoms with van der Waals surface area (Å²) in [5, 5.41) is 11.9. The normalized spacial score (nSPS) is 14.9. The lowest BCUT2D eigenvalue weighted by Gasteiger charge is -2.19. The van der Waals surface area contributed by atoms with Gasteiger partial charge < -0.3 is 5.11 Å². The molecule has 1 rings (SSSR count). The van der Waals surface area contributed by atoms with Gasteiger partial charge in [0, 0.05) is 7.05 Å². The molecule has 0 saturated heterocycles. The predicted molar refractivity (Wildman–Crippen MR) is 55.8 cm³/mol. The molecule has 0 unspecified atom stereocenters. The van der Waals surface area contributed by atoms with Crippen LogP contribution < -0.4 is 11.4 Å². The third-order valence-corrected chi connectivity index (χ3v) is 2.25. The fraction of sp³-hybridized carbons (Fsp3) is 0.556. The minimum absolute atomic E-state index is 0.492. The van der Waals surface area contributed by atoms with Crippen LogP contribution in [0.4, 0.5) is 0 Å². The summed E-state index contributed by atoms with van der Waals surface area (Å²) in [7, 11) is 1.37. The standard InChI is InChI=1S/C9H15N3O3/c1-5(2)7(6(3)13)12-9(15)11(4)8(14)10-12/h6-7,13H,1H2,2-4H3,(H,10,14)/t6-,7+/m0/s1. The Kier molecular flexibility index (Phi) is 2.99. The summed E-state index contributed by atoms with van der Waals surface area (Å²) >= 11 is 0. The summed E-state index contributed by atoms with van der Waals surface area (Å²) in [5.41, 5.74) is -0.394. The molecule has 0 radical (unpaired) electrons. The second-order valence-electron chi connectivity index (χ2n) is 3.66. The zero-order valence-corrected chi connectivity index (χ0v) is 9.02. The molecule has 1 heterocycles. The Morgan fingerprint density at radius 3 is 2.33 bits per heavy atom. The van der Waals surface area contributed by atoms with Gasteiger partial charge in [0.05, 0.1) is 6.10 Å². The van der Waals surface area contributed by atoms with Crippen molar-refractivity contribution in [2.45, 2.75) is 26.0 Å². The Balaban J connectivity index is 3.37. The van der Waals surface area contributed by atoms with Crippen LogP contribution in [0, 0.1) is 0 Å². The van der Waals surface area contributed by atoms with Gasteiger partial charge in [0.1, 0.15) is 6.04 Å². The minimum atomic E-state index is -0.793. The Hall–Kier alpha value is -1.56. The first-order chi connectivity index (χ1) is 6.86. The van der Waals surface area contributed by atoms with Crippen molar-refractivity contribution in [3.63, 3.8) is 0 Å². The van der Waals surface area contributed by atoms with E-state index in [4.69, 9.17) is 0 Å². The highest BCUT2D eigenvalue weighted by atomic mass is 16.3. The lowest BCUT2D eigenvalue weighted by atomic mass is 10.1. The molecule has 1 aromatic heterocycles. The van der Waals surface area contributed by atoms with Crippen LogP contribution in [0.5, 0.6) is 0 Å². The largest absolute Gasteiger partial charge is 0.391 e. The van der Waals surface area contributed by atoms with E-state index in [9.17, 15) is 14.7 Å². The molecular weight excluding hydrogens is 198 g/mol. The number of hydrogen-bond acceptors (Lipinski definition) is 3. The maximum atomic E-state index is 11.6. The number of hydrogen-bond donors (Lipinski definition) is 2. The SMILES string of the molecule is C=C(C)[C@H]([C@H](C)O)n1[nH]c(=O)n(C)c1=O. The van der Waals surface area contributed by atoms with Gasteiger partial charge in [0.25, 0.3) is 0 Å². The topological polar surface area (TPSA) is 80.0 Å². The number of rotatable bonds is 3. The molecule has 84 valence electrons. The quantitative estimate of drug-likeness (QED) is 0.656. The van der Waals surface area contributed by atoms with Crippen molar-refractivity contribution < 1.29 is 5.11 Å². The number of H-pyrrole nitrogens is 1. The van der Waals surface area contributed by atoms with E-state index >= 15 is 0 Å². The van der Waals surface area contributed by atoms with E-state index in [0.717, 1.165) is 9.25 Å². The van der Waals surface area contributed by atoms with Crippen LogP contribution in [-0.2, 0) is 7.05 Å². The minimum Gasteiger partial charge on any atom is -0.391 e. The Morgan fingerprint density at radius 1 is 1.53 bits per heavy atom. The van der Waals surface area contributed by atoms with Crippen LogP contribution in [0.15, 0.2) is 21.7 Å². The maximum Gasteiger partial charge on any atom is 0.347 e. The summed E-state index contributed by atoms with van der Waals surface area (Å²) < 4.78 is 2.04. The third kappa shape index (κ3) is 1.94. The molecule has 6 nitrogen and oxygen atoms in total. The number of aliphatic hydroxyl groups is 1. The van der Waals surface area contributed by atoms with Gasteiger partial charge in [-0.3, -0.25) is 0 Å². The van der Waals surface area contributed by atoms with Gasteiger partial charge in [-0.2, -0.15) is 0 Å². The summed E-state index contributed by atoms with van der Waals surface area (Å²) in [5.74, 6) is 0. The number of nitrogens with one attached hydrogen (secondary N) is 1.